The molecule has 0 aromatic heterocycles. The van der Waals surface area contributed by atoms with Crippen LogP contribution in [0.3, 0.4) is 0 Å². The third kappa shape index (κ3) is 6.35. The highest BCUT2D eigenvalue weighted by Crippen LogP contribution is 2.30. The van der Waals surface area contributed by atoms with Crippen molar-refractivity contribution in [3.8, 4) is 11.5 Å². The molecule has 6 nitrogen and oxygen atoms in total. The molecule has 3 aromatic rings. The van der Waals surface area contributed by atoms with Crippen LogP contribution in [0, 0.1) is 5.92 Å². The van der Waals surface area contributed by atoms with Gasteiger partial charge < -0.3 is 20.1 Å². The van der Waals surface area contributed by atoms with Crippen molar-refractivity contribution < 1.29 is 19.1 Å². The van der Waals surface area contributed by atoms with Gasteiger partial charge in [0.2, 0.25) is 5.91 Å². The standard InChI is InChI=1S/C26H26N2O4/c29-25(18-32-24-12-6-9-22(15-24)28-26(30)19-13-14-19)27-16-20-7-4-5-8-21(20)17-31-23-10-2-1-3-11-23/h1-12,15,19H,13-14,16-18H2,(H,27,29)(H,28,30). The minimum atomic E-state index is -0.226. The Hall–Kier alpha value is -3.80. The number of para-hydroxylation sites is 1. The Morgan fingerprint density at radius 1 is 0.812 bits per heavy atom. The molecule has 3 aromatic carbocycles. The van der Waals surface area contributed by atoms with Crippen molar-refractivity contribution in [3.05, 3.63) is 90.0 Å². The molecule has 0 radical (unpaired) electrons. The van der Waals surface area contributed by atoms with Gasteiger partial charge in [0.05, 0.1) is 0 Å². The number of amides is 2. The number of hydrogen-bond donors (Lipinski definition) is 2. The molecule has 164 valence electrons. The van der Waals surface area contributed by atoms with Crippen LogP contribution in [-0.2, 0) is 22.7 Å². The summed E-state index contributed by atoms with van der Waals surface area (Å²) < 4.78 is 11.4. The Labute approximate surface area is 187 Å². The van der Waals surface area contributed by atoms with Crippen molar-refractivity contribution in [1.82, 2.24) is 5.32 Å². The number of benzene rings is 3. The summed E-state index contributed by atoms with van der Waals surface area (Å²) in [4.78, 5) is 24.2. The predicted octanol–water partition coefficient (Wildman–Crippen LogP) is 4.31. The zero-order valence-corrected chi connectivity index (χ0v) is 17.8. The van der Waals surface area contributed by atoms with Gasteiger partial charge in [0, 0.05) is 24.2 Å². The molecule has 0 aliphatic heterocycles. The molecular formula is C26H26N2O4. The minimum Gasteiger partial charge on any atom is -0.489 e. The van der Waals surface area contributed by atoms with E-state index in [2.05, 4.69) is 10.6 Å². The van der Waals surface area contributed by atoms with Gasteiger partial charge in [0.1, 0.15) is 18.1 Å². The van der Waals surface area contributed by atoms with Crippen molar-refractivity contribution in [1.29, 1.82) is 0 Å². The Balaban J connectivity index is 1.25. The van der Waals surface area contributed by atoms with Crippen LogP contribution < -0.4 is 20.1 Å². The number of ether oxygens (including phenoxy) is 2. The molecule has 2 amide bonds. The first-order valence-electron chi connectivity index (χ1n) is 10.7. The Kier molecular flexibility index (Phi) is 7.02. The van der Waals surface area contributed by atoms with Crippen LogP contribution in [0.15, 0.2) is 78.9 Å². The van der Waals surface area contributed by atoms with Crippen LogP contribution in [0.4, 0.5) is 5.69 Å². The van der Waals surface area contributed by atoms with E-state index in [-0.39, 0.29) is 24.3 Å². The predicted molar refractivity (Wildman–Crippen MR) is 122 cm³/mol. The lowest BCUT2D eigenvalue weighted by atomic mass is 10.1. The smallest absolute Gasteiger partial charge is 0.258 e. The van der Waals surface area contributed by atoms with Gasteiger partial charge in [-0.15, -0.1) is 0 Å². The summed E-state index contributed by atoms with van der Waals surface area (Å²) in [6.07, 6.45) is 1.90. The van der Waals surface area contributed by atoms with E-state index in [0.717, 1.165) is 29.7 Å². The van der Waals surface area contributed by atoms with Gasteiger partial charge in [-0.25, -0.2) is 0 Å². The number of anilines is 1. The molecule has 1 fully saturated rings. The van der Waals surface area contributed by atoms with E-state index in [1.807, 2.05) is 60.7 Å². The van der Waals surface area contributed by atoms with E-state index in [9.17, 15) is 9.59 Å². The second-order valence-corrected chi connectivity index (χ2v) is 7.73. The van der Waals surface area contributed by atoms with E-state index in [1.165, 1.54) is 0 Å². The molecule has 0 spiro atoms. The number of rotatable bonds is 10. The van der Waals surface area contributed by atoms with E-state index >= 15 is 0 Å². The first kappa shape index (κ1) is 21.4. The molecule has 0 unspecified atom stereocenters. The average Bonchev–Trinajstić information content (AvgIpc) is 3.67. The second-order valence-electron chi connectivity index (χ2n) is 7.73. The zero-order valence-electron chi connectivity index (χ0n) is 17.8. The molecule has 1 aliphatic rings. The van der Waals surface area contributed by atoms with Crippen LogP contribution in [0.25, 0.3) is 0 Å². The SMILES string of the molecule is O=C(COc1cccc(NC(=O)C2CC2)c1)NCc1ccccc1COc1ccccc1. The summed E-state index contributed by atoms with van der Waals surface area (Å²) in [6.45, 7) is 0.697. The van der Waals surface area contributed by atoms with E-state index in [4.69, 9.17) is 9.47 Å². The third-order valence-corrected chi connectivity index (χ3v) is 5.15. The Morgan fingerprint density at radius 3 is 2.31 bits per heavy atom. The third-order valence-electron chi connectivity index (χ3n) is 5.15. The van der Waals surface area contributed by atoms with Crippen molar-refractivity contribution in [3.63, 3.8) is 0 Å². The van der Waals surface area contributed by atoms with Gasteiger partial charge in [-0.05, 0) is 48.2 Å². The second kappa shape index (κ2) is 10.5. The van der Waals surface area contributed by atoms with Crippen molar-refractivity contribution >= 4 is 17.5 Å². The molecule has 0 atom stereocenters. The summed E-state index contributed by atoms with van der Waals surface area (Å²) in [5.41, 5.74) is 2.67. The maximum Gasteiger partial charge on any atom is 0.258 e. The highest BCUT2D eigenvalue weighted by Gasteiger charge is 2.29. The molecule has 0 heterocycles. The number of carbonyl (C=O) groups excluding carboxylic acids is 2. The van der Waals surface area contributed by atoms with Crippen molar-refractivity contribution in [2.45, 2.75) is 26.0 Å². The highest BCUT2D eigenvalue weighted by molar-refractivity contribution is 5.94. The number of carbonyl (C=O) groups is 2. The van der Waals surface area contributed by atoms with Crippen molar-refractivity contribution in [2.75, 3.05) is 11.9 Å². The van der Waals surface area contributed by atoms with E-state index in [1.54, 1.807) is 18.2 Å². The van der Waals surface area contributed by atoms with Gasteiger partial charge in [0.15, 0.2) is 6.61 Å². The van der Waals surface area contributed by atoms with Crippen LogP contribution in [0.1, 0.15) is 24.0 Å². The molecule has 0 bridgehead atoms. The summed E-state index contributed by atoms with van der Waals surface area (Å²) in [5, 5.41) is 5.77. The fraction of sp³-hybridized carbons (Fsp3) is 0.231. The number of hydrogen-bond acceptors (Lipinski definition) is 4. The molecule has 1 aliphatic carbocycles. The van der Waals surface area contributed by atoms with Crippen LogP contribution in [0.5, 0.6) is 11.5 Å². The molecular weight excluding hydrogens is 404 g/mol. The first-order valence-corrected chi connectivity index (χ1v) is 10.7. The van der Waals surface area contributed by atoms with Gasteiger partial charge >= 0.3 is 0 Å². The van der Waals surface area contributed by atoms with Crippen LogP contribution >= 0.6 is 0 Å². The molecule has 2 N–H and O–H groups in total. The van der Waals surface area contributed by atoms with Gasteiger partial charge in [0.25, 0.3) is 5.91 Å². The van der Waals surface area contributed by atoms with Crippen molar-refractivity contribution in [2.24, 2.45) is 5.92 Å². The first-order chi connectivity index (χ1) is 15.7. The average molecular weight is 431 g/mol. The monoisotopic (exact) mass is 430 g/mol. The Morgan fingerprint density at radius 2 is 1.53 bits per heavy atom. The molecule has 4 rings (SSSR count). The molecule has 32 heavy (non-hydrogen) atoms. The molecule has 1 saturated carbocycles. The largest absolute Gasteiger partial charge is 0.489 e. The quantitative estimate of drug-likeness (QED) is 0.503. The lowest BCUT2D eigenvalue weighted by molar-refractivity contribution is -0.123. The highest BCUT2D eigenvalue weighted by atomic mass is 16.5. The molecule has 6 heteroatoms. The summed E-state index contributed by atoms with van der Waals surface area (Å²) >= 11 is 0. The molecule has 0 saturated heterocycles. The summed E-state index contributed by atoms with van der Waals surface area (Å²) in [6, 6.07) is 24.6. The maximum atomic E-state index is 12.3. The maximum absolute atomic E-state index is 12.3. The van der Waals surface area contributed by atoms with Crippen LogP contribution in [-0.4, -0.2) is 18.4 Å². The fourth-order valence-electron chi connectivity index (χ4n) is 3.20. The zero-order chi connectivity index (χ0) is 22.2. The van der Waals surface area contributed by atoms with E-state index in [0.29, 0.717) is 24.6 Å². The van der Waals surface area contributed by atoms with Gasteiger partial charge in [-0.1, -0.05) is 48.5 Å². The van der Waals surface area contributed by atoms with E-state index < -0.39 is 0 Å². The van der Waals surface area contributed by atoms with Gasteiger partial charge in [-0.2, -0.15) is 0 Å². The topological polar surface area (TPSA) is 76.7 Å². The lowest BCUT2D eigenvalue weighted by Gasteiger charge is -2.13. The van der Waals surface area contributed by atoms with Gasteiger partial charge in [-0.3, -0.25) is 9.59 Å². The summed E-state index contributed by atoms with van der Waals surface area (Å²) in [7, 11) is 0. The number of nitrogens with one attached hydrogen (secondary N) is 2. The normalized spacial score (nSPS) is 12.6. The minimum absolute atomic E-state index is 0.0369. The summed E-state index contributed by atoms with van der Waals surface area (Å²) in [5.74, 6) is 1.28. The van der Waals surface area contributed by atoms with Crippen LogP contribution in [0.2, 0.25) is 0 Å². The fourth-order valence-corrected chi connectivity index (χ4v) is 3.20. The lowest BCUT2D eigenvalue weighted by Crippen LogP contribution is -2.28. The Bertz CT molecular complexity index is 1060.